The summed E-state index contributed by atoms with van der Waals surface area (Å²) in [5.74, 6) is -6.70. The lowest BCUT2D eigenvalue weighted by Crippen LogP contribution is -2.31. The molecule has 0 aliphatic rings. The van der Waals surface area contributed by atoms with Gasteiger partial charge in [-0.05, 0) is 32.9 Å². The van der Waals surface area contributed by atoms with Gasteiger partial charge in [-0.25, -0.2) is 13.2 Å². The lowest BCUT2D eigenvalue weighted by atomic mass is 10.2. The van der Waals surface area contributed by atoms with Crippen molar-refractivity contribution in [3.8, 4) is 0 Å². The predicted octanol–water partition coefficient (Wildman–Crippen LogP) is 2.40. The fourth-order valence-electron chi connectivity index (χ4n) is 2.37. The zero-order valence-electron chi connectivity index (χ0n) is 15.0. The Morgan fingerprint density at radius 3 is 2.50 bits per heavy atom. The van der Waals surface area contributed by atoms with Crippen LogP contribution in [0.3, 0.4) is 0 Å². The third-order valence-corrected chi connectivity index (χ3v) is 3.78. The Hall–Kier alpha value is -3.44. The van der Waals surface area contributed by atoms with E-state index in [0.717, 1.165) is 10.7 Å². The number of carbonyl (C=O) groups is 2. The number of anilines is 1. The molecule has 0 saturated carbocycles. The average molecular weight is 400 g/mol. The number of benzene rings is 1. The molecule has 0 aliphatic carbocycles. The molecule has 0 spiro atoms. The van der Waals surface area contributed by atoms with Crippen LogP contribution in [-0.2, 0) is 20.9 Å². The van der Waals surface area contributed by atoms with Gasteiger partial charge in [0.05, 0.1) is 10.6 Å². The molecule has 0 saturated heterocycles. The number of halogens is 3. The lowest BCUT2D eigenvalue weighted by Gasteiger charge is -2.14. The average Bonchev–Trinajstić information content (AvgIpc) is 2.88. The van der Waals surface area contributed by atoms with Crippen molar-refractivity contribution >= 4 is 23.3 Å². The lowest BCUT2D eigenvalue weighted by molar-refractivity contribution is -0.386. The third-order valence-electron chi connectivity index (χ3n) is 3.78. The van der Waals surface area contributed by atoms with Crippen molar-refractivity contribution < 1.29 is 32.4 Å². The summed E-state index contributed by atoms with van der Waals surface area (Å²) in [6.45, 7) is 3.47. The molecule has 0 radical (unpaired) electrons. The standard InChI is InChI=1S/C16H15F3N4O5/c1-7-15(23(26)27)8(2)22(21-7)6-12(24)28-9(3)16(25)20-11-5-4-10(17)13(18)14(11)19/h4-5,9H,6H2,1-3H3,(H,20,25)/t9-/m1/s1. The minimum atomic E-state index is -1.76. The number of nitrogens with zero attached hydrogens (tertiary/aromatic N) is 3. The molecule has 0 aliphatic heterocycles. The van der Waals surface area contributed by atoms with Crippen molar-refractivity contribution in [3.05, 3.63) is 51.1 Å². The van der Waals surface area contributed by atoms with Crippen LogP contribution in [0.1, 0.15) is 18.3 Å². The van der Waals surface area contributed by atoms with Crippen LogP contribution < -0.4 is 5.32 Å². The SMILES string of the molecule is Cc1nn(CC(=O)O[C@H](C)C(=O)Nc2ccc(F)c(F)c2F)c(C)c1[N+](=O)[O-]. The first-order chi connectivity index (χ1) is 13.0. The van der Waals surface area contributed by atoms with Gasteiger partial charge >= 0.3 is 11.7 Å². The summed E-state index contributed by atoms with van der Waals surface area (Å²) in [4.78, 5) is 34.3. The Balaban J connectivity index is 2.03. The molecule has 1 aromatic carbocycles. The smallest absolute Gasteiger partial charge is 0.328 e. The monoisotopic (exact) mass is 400 g/mol. The van der Waals surface area contributed by atoms with Crippen molar-refractivity contribution in [2.75, 3.05) is 5.32 Å². The number of aryl methyl sites for hydroxylation is 1. The van der Waals surface area contributed by atoms with E-state index in [1.165, 1.54) is 20.8 Å². The summed E-state index contributed by atoms with van der Waals surface area (Å²) in [6.07, 6.45) is -1.41. The minimum absolute atomic E-state index is 0.106. The van der Waals surface area contributed by atoms with Crippen LogP contribution in [-0.4, -0.2) is 32.7 Å². The molecular formula is C16H15F3N4O5. The van der Waals surface area contributed by atoms with Gasteiger partial charge in [0.1, 0.15) is 17.9 Å². The van der Waals surface area contributed by atoms with Crippen molar-refractivity contribution in [2.24, 2.45) is 0 Å². The number of nitrogens with one attached hydrogen (secondary N) is 1. The van der Waals surface area contributed by atoms with E-state index in [9.17, 15) is 32.9 Å². The summed E-state index contributed by atoms with van der Waals surface area (Å²) in [5, 5.41) is 16.8. The molecule has 0 bridgehead atoms. The second kappa shape index (κ2) is 8.06. The molecule has 1 amide bonds. The third kappa shape index (κ3) is 4.27. The van der Waals surface area contributed by atoms with Gasteiger partial charge in [0, 0.05) is 0 Å². The molecule has 28 heavy (non-hydrogen) atoms. The molecule has 150 valence electrons. The Morgan fingerprint density at radius 2 is 1.93 bits per heavy atom. The number of aromatic nitrogens is 2. The van der Waals surface area contributed by atoms with E-state index < -0.39 is 52.6 Å². The van der Waals surface area contributed by atoms with Gasteiger partial charge in [-0.2, -0.15) is 5.10 Å². The van der Waals surface area contributed by atoms with Crippen LogP contribution in [0.25, 0.3) is 0 Å². The molecule has 2 rings (SSSR count). The minimum Gasteiger partial charge on any atom is -0.451 e. The fraction of sp³-hybridized carbons (Fsp3) is 0.312. The van der Waals surface area contributed by atoms with E-state index >= 15 is 0 Å². The van der Waals surface area contributed by atoms with Gasteiger partial charge in [-0.15, -0.1) is 0 Å². The number of nitro groups is 1. The molecule has 1 heterocycles. The van der Waals surface area contributed by atoms with Crippen LogP contribution in [0.4, 0.5) is 24.5 Å². The van der Waals surface area contributed by atoms with Crippen LogP contribution in [0, 0.1) is 41.4 Å². The highest BCUT2D eigenvalue weighted by Gasteiger charge is 2.25. The van der Waals surface area contributed by atoms with Gasteiger partial charge in [0.15, 0.2) is 23.6 Å². The van der Waals surface area contributed by atoms with Crippen molar-refractivity contribution in [1.29, 1.82) is 0 Å². The molecule has 1 atom stereocenters. The largest absolute Gasteiger partial charge is 0.451 e. The number of carbonyl (C=O) groups excluding carboxylic acids is 2. The number of ether oxygens (including phenoxy) is 1. The summed E-state index contributed by atoms with van der Waals surface area (Å²) in [6, 6.07) is 1.44. The summed E-state index contributed by atoms with van der Waals surface area (Å²) < 4.78 is 45.6. The Bertz CT molecular complexity index is 960. The quantitative estimate of drug-likeness (QED) is 0.344. The predicted molar refractivity (Wildman–Crippen MR) is 88.9 cm³/mol. The maximum absolute atomic E-state index is 13.6. The van der Waals surface area contributed by atoms with E-state index in [-0.39, 0.29) is 17.1 Å². The van der Waals surface area contributed by atoms with E-state index in [1.54, 1.807) is 0 Å². The van der Waals surface area contributed by atoms with E-state index in [2.05, 4.69) is 5.10 Å². The zero-order valence-corrected chi connectivity index (χ0v) is 15.0. The molecule has 0 fully saturated rings. The highest BCUT2D eigenvalue weighted by atomic mass is 19.2. The van der Waals surface area contributed by atoms with Gasteiger partial charge in [-0.1, -0.05) is 0 Å². The second-order valence-corrected chi connectivity index (χ2v) is 5.78. The molecular weight excluding hydrogens is 385 g/mol. The summed E-state index contributed by atoms with van der Waals surface area (Å²) >= 11 is 0. The van der Waals surface area contributed by atoms with Gasteiger partial charge < -0.3 is 10.1 Å². The maximum Gasteiger partial charge on any atom is 0.328 e. The topological polar surface area (TPSA) is 116 Å². The number of amides is 1. The van der Waals surface area contributed by atoms with Crippen LogP contribution in [0.5, 0.6) is 0 Å². The fourth-order valence-corrected chi connectivity index (χ4v) is 2.37. The van der Waals surface area contributed by atoms with Crippen molar-refractivity contribution in [3.63, 3.8) is 0 Å². The molecule has 12 heteroatoms. The zero-order chi connectivity index (χ0) is 21.2. The highest BCUT2D eigenvalue weighted by molar-refractivity contribution is 5.95. The second-order valence-electron chi connectivity index (χ2n) is 5.78. The molecule has 1 N–H and O–H groups in total. The maximum atomic E-state index is 13.6. The number of hydrogen-bond acceptors (Lipinski definition) is 6. The van der Waals surface area contributed by atoms with Crippen LogP contribution in [0.2, 0.25) is 0 Å². The highest BCUT2D eigenvalue weighted by Crippen LogP contribution is 2.22. The number of esters is 1. The summed E-state index contributed by atoms with van der Waals surface area (Å²) in [7, 11) is 0. The van der Waals surface area contributed by atoms with Crippen LogP contribution >= 0.6 is 0 Å². The van der Waals surface area contributed by atoms with Crippen molar-refractivity contribution in [2.45, 2.75) is 33.4 Å². The van der Waals surface area contributed by atoms with Crippen LogP contribution in [0.15, 0.2) is 12.1 Å². The van der Waals surface area contributed by atoms with Gasteiger partial charge in [0.2, 0.25) is 0 Å². The first kappa shape index (κ1) is 20.9. The van der Waals surface area contributed by atoms with Gasteiger partial charge in [0.25, 0.3) is 5.91 Å². The normalized spacial score (nSPS) is 11.8. The van der Waals surface area contributed by atoms with E-state index in [1.807, 2.05) is 5.32 Å². The van der Waals surface area contributed by atoms with E-state index in [4.69, 9.17) is 4.74 Å². The first-order valence-electron chi connectivity index (χ1n) is 7.85. The molecule has 1 aromatic heterocycles. The first-order valence-corrected chi connectivity index (χ1v) is 7.85. The molecule has 2 aromatic rings. The van der Waals surface area contributed by atoms with Gasteiger partial charge in [-0.3, -0.25) is 24.4 Å². The number of hydrogen-bond donors (Lipinski definition) is 1. The Kier molecular flexibility index (Phi) is 6.01. The molecule has 9 nitrogen and oxygen atoms in total. The van der Waals surface area contributed by atoms with E-state index in [0.29, 0.717) is 6.07 Å². The Labute approximate surface area is 156 Å². The Morgan fingerprint density at radius 1 is 1.29 bits per heavy atom. The van der Waals surface area contributed by atoms with Crippen molar-refractivity contribution in [1.82, 2.24) is 9.78 Å². The number of rotatable bonds is 6. The summed E-state index contributed by atoms with van der Waals surface area (Å²) in [5.41, 5.74) is -0.635. The molecule has 0 unspecified atom stereocenters.